The minimum absolute atomic E-state index is 0. The maximum absolute atomic E-state index is 12.7. The number of ether oxygens (including phenoxy) is 1. The fourth-order valence-corrected chi connectivity index (χ4v) is 2.73. The van der Waals surface area contributed by atoms with Gasteiger partial charge in [-0.15, -0.1) is 12.4 Å². The van der Waals surface area contributed by atoms with Crippen LogP contribution in [0.3, 0.4) is 0 Å². The van der Waals surface area contributed by atoms with Crippen molar-refractivity contribution in [2.75, 3.05) is 32.1 Å². The molecule has 2 rings (SSSR count). The summed E-state index contributed by atoms with van der Waals surface area (Å²) >= 11 is 6.00. The number of benzene rings is 1. The third-order valence-electron chi connectivity index (χ3n) is 3.80. The molecule has 0 radical (unpaired) electrons. The Bertz CT molecular complexity index is 578. The van der Waals surface area contributed by atoms with Gasteiger partial charge in [-0.25, -0.2) is 0 Å². The summed E-state index contributed by atoms with van der Waals surface area (Å²) in [5.74, 6) is -0.515. The van der Waals surface area contributed by atoms with Crippen LogP contribution in [0.15, 0.2) is 18.2 Å². The summed E-state index contributed by atoms with van der Waals surface area (Å²) in [6.45, 7) is 1.57. The van der Waals surface area contributed by atoms with E-state index in [1.165, 1.54) is 7.11 Å². The number of carbonyl (C=O) groups is 2. The Morgan fingerprint density at radius 1 is 1.33 bits per heavy atom. The van der Waals surface area contributed by atoms with Gasteiger partial charge in [0.05, 0.1) is 17.9 Å². The van der Waals surface area contributed by atoms with E-state index < -0.39 is 11.9 Å². The molecule has 2 amide bonds. The molecule has 0 spiro atoms. The highest BCUT2D eigenvalue weighted by atomic mass is 35.5. The van der Waals surface area contributed by atoms with E-state index in [9.17, 15) is 9.59 Å². The molecule has 1 aliphatic rings. The molecule has 8 heteroatoms. The first-order valence-electron chi connectivity index (χ1n) is 7.67. The molecule has 1 fully saturated rings. The zero-order chi connectivity index (χ0) is 16.8. The number of piperidine rings is 1. The molecule has 1 aromatic carbocycles. The molecule has 1 heterocycles. The lowest BCUT2D eigenvalue weighted by molar-refractivity contribution is -0.118. The Kier molecular flexibility index (Phi) is 8.48. The third kappa shape index (κ3) is 5.34. The van der Waals surface area contributed by atoms with Gasteiger partial charge in [-0.2, -0.15) is 0 Å². The number of rotatable bonds is 5. The van der Waals surface area contributed by atoms with Gasteiger partial charge in [0.1, 0.15) is 6.04 Å². The van der Waals surface area contributed by atoms with E-state index in [1.807, 2.05) is 0 Å². The van der Waals surface area contributed by atoms with Gasteiger partial charge in [0, 0.05) is 25.2 Å². The second-order valence-electron chi connectivity index (χ2n) is 5.59. The van der Waals surface area contributed by atoms with Crippen molar-refractivity contribution in [2.45, 2.75) is 25.3 Å². The molecule has 1 unspecified atom stereocenters. The van der Waals surface area contributed by atoms with E-state index in [-0.39, 0.29) is 24.9 Å². The molecule has 0 aliphatic carbocycles. The van der Waals surface area contributed by atoms with Crippen molar-refractivity contribution in [2.24, 2.45) is 5.73 Å². The number of carbonyl (C=O) groups excluding carboxylic acids is 2. The maximum Gasteiger partial charge on any atom is 0.255 e. The summed E-state index contributed by atoms with van der Waals surface area (Å²) in [4.78, 5) is 26.6. The molecule has 1 atom stereocenters. The molecular weight excluding hydrogens is 353 g/mol. The molecule has 6 nitrogen and oxygen atoms in total. The zero-order valence-electron chi connectivity index (χ0n) is 13.6. The summed E-state index contributed by atoms with van der Waals surface area (Å²) in [7, 11) is 1.47. The summed E-state index contributed by atoms with van der Waals surface area (Å²) in [6.07, 6.45) is 3.14. The molecule has 1 aromatic rings. The summed E-state index contributed by atoms with van der Waals surface area (Å²) < 4.78 is 4.87. The Hall–Kier alpha value is -1.34. The van der Waals surface area contributed by atoms with Crippen LogP contribution >= 0.6 is 24.0 Å². The van der Waals surface area contributed by atoms with Crippen molar-refractivity contribution >= 4 is 41.5 Å². The summed E-state index contributed by atoms with van der Waals surface area (Å²) in [6, 6.07) is 4.04. The number of likely N-dealkylation sites (tertiary alicyclic amines) is 1. The molecule has 0 bridgehead atoms. The lowest BCUT2D eigenvalue weighted by Gasteiger charge is -2.27. The number of hydrogen-bond acceptors (Lipinski definition) is 4. The first-order valence-corrected chi connectivity index (χ1v) is 8.05. The van der Waals surface area contributed by atoms with Crippen LogP contribution in [0.4, 0.5) is 5.69 Å². The highest BCUT2D eigenvalue weighted by Gasteiger charge is 2.23. The second kappa shape index (κ2) is 9.84. The molecule has 1 saturated heterocycles. The van der Waals surface area contributed by atoms with Crippen LogP contribution in [0, 0.1) is 0 Å². The Morgan fingerprint density at radius 2 is 2.00 bits per heavy atom. The van der Waals surface area contributed by atoms with Crippen molar-refractivity contribution in [3.63, 3.8) is 0 Å². The number of nitrogens with zero attached hydrogens (tertiary/aromatic N) is 1. The first-order chi connectivity index (χ1) is 11.0. The fourth-order valence-electron chi connectivity index (χ4n) is 2.55. The molecule has 134 valence electrons. The molecule has 24 heavy (non-hydrogen) atoms. The van der Waals surface area contributed by atoms with E-state index in [0.717, 1.165) is 32.4 Å². The predicted octanol–water partition coefficient (Wildman–Crippen LogP) is 2.30. The monoisotopic (exact) mass is 375 g/mol. The molecular formula is C16H23Cl2N3O3. The van der Waals surface area contributed by atoms with E-state index in [2.05, 4.69) is 5.32 Å². The fraction of sp³-hybridized carbons (Fsp3) is 0.500. The van der Waals surface area contributed by atoms with E-state index in [4.69, 9.17) is 22.1 Å². The van der Waals surface area contributed by atoms with Gasteiger partial charge < -0.3 is 20.7 Å². The second-order valence-corrected chi connectivity index (χ2v) is 6.03. The van der Waals surface area contributed by atoms with Crippen LogP contribution in [-0.2, 0) is 9.53 Å². The number of anilines is 1. The van der Waals surface area contributed by atoms with Crippen molar-refractivity contribution in [1.82, 2.24) is 4.90 Å². The average Bonchev–Trinajstić information content (AvgIpc) is 2.55. The number of amides is 2. The van der Waals surface area contributed by atoms with Gasteiger partial charge in [0.25, 0.3) is 5.91 Å². The smallest absolute Gasteiger partial charge is 0.255 e. The average molecular weight is 376 g/mol. The van der Waals surface area contributed by atoms with Crippen LogP contribution < -0.4 is 11.1 Å². The highest BCUT2D eigenvalue weighted by Crippen LogP contribution is 2.24. The van der Waals surface area contributed by atoms with Crippen molar-refractivity contribution < 1.29 is 14.3 Å². The van der Waals surface area contributed by atoms with Gasteiger partial charge in [-0.3, -0.25) is 9.59 Å². The third-order valence-corrected chi connectivity index (χ3v) is 4.03. The summed E-state index contributed by atoms with van der Waals surface area (Å²) in [5.41, 5.74) is 6.52. The SMILES string of the molecule is COCC(N)C(=O)Nc1cc(Cl)ccc1C(=O)N1CCCCC1.Cl. The van der Waals surface area contributed by atoms with Gasteiger partial charge in [0.15, 0.2) is 0 Å². The van der Waals surface area contributed by atoms with Gasteiger partial charge in [-0.1, -0.05) is 11.6 Å². The number of nitrogens with one attached hydrogen (secondary N) is 1. The van der Waals surface area contributed by atoms with E-state index in [0.29, 0.717) is 16.3 Å². The maximum atomic E-state index is 12.7. The van der Waals surface area contributed by atoms with Crippen LogP contribution in [0.5, 0.6) is 0 Å². The minimum atomic E-state index is -0.808. The minimum Gasteiger partial charge on any atom is -0.383 e. The number of nitrogens with two attached hydrogens (primary N) is 1. The van der Waals surface area contributed by atoms with Crippen molar-refractivity contribution in [3.05, 3.63) is 28.8 Å². The normalized spacial score (nSPS) is 15.4. The number of methoxy groups -OCH3 is 1. The van der Waals surface area contributed by atoms with Crippen LogP contribution in [0.1, 0.15) is 29.6 Å². The quantitative estimate of drug-likeness (QED) is 0.826. The lowest BCUT2D eigenvalue weighted by Crippen LogP contribution is -2.40. The Balaban J connectivity index is 0.00000288. The van der Waals surface area contributed by atoms with Crippen LogP contribution in [0.2, 0.25) is 5.02 Å². The van der Waals surface area contributed by atoms with Crippen molar-refractivity contribution in [3.8, 4) is 0 Å². The number of halogens is 2. The first kappa shape index (κ1) is 20.7. The van der Waals surface area contributed by atoms with E-state index in [1.54, 1.807) is 23.1 Å². The molecule has 1 aliphatic heterocycles. The molecule has 0 saturated carbocycles. The van der Waals surface area contributed by atoms with E-state index >= 15 is 0 Å². The van der Waals surface area contributed by atoms with Crippen molar-refractivity contribution in [1.29, 1.82) is 0 Å². The summed E-state index contributed by atoms with van der Waals surface area (Å²) in [5, 5.41) is 3.12. The predicted molar refractivity (Wildman–Crippen MR) is 96.9 cm³/mol. The van der Waals surface area contributed by atoms with Crippen LogP contribution in [0.25, 0.3) is 0 Å². The standard InChI is InChI=1S/C16H22ClN3O3.ClH/c1-23-10-13(18)15(21)19-14-9-11(17)5-6-12(14)16(22)20-7-3-2-4-8-20;/h5-6,9,13H,2-4,7-8,10,18H2,1H3,(H,19,21);1H. The zero-order valence-corrected chi connectivity index (χ0v) is 15.2. The van der Waals surface area contributed by atoms with Gasteiger partial charge in [-0.05, 0) is 37.5 Å². The van der Waals surface area contributed by atoms with Crippen LogP contribution in [-0.4, -0.2) is 49.6 Å². The largest absolute Gasteiger partial charge is 0.383 e. The van der Waals surface area contributed by atoms with Gasteiger partial charge >= 0.3 is 0 Å². The topological polar surface area (TPSA) is 84.7 Å². The molecule has 3 N–H and O–H groups in total. The van der Waals surface area contributed by atoms with Gasteiger partial charge in [0.2, 0.25) is 5.91 Å². The highest BCUT2D eigenvalue weighted by molar-refractivity contribution is 6.31. The Labute approximate surface area is 153 Å². The Morgan fingerprint density at radius 3 is 2.62 bits per heavy atom. The lowest BCUT2D eigenvalue weighted by atomic mass is 10.1. The number of hydrogen-bond donors (Lipinski definition) is 2. The molecule has 0 aromatic heterocycles.